The number of urea groups is 1. The molecule has 0 radical (unpaired) electrons. The monoisotopic (exact) mass is 558 g/mol. The highest BCUT2D eigenvalue weighted by molar-refractivity contribution is 9.10. The maximum Gasteiger partial charge on any atom is 0.373 e. The highest BCUT2D eigenvalue weighted by Gasteiger charge is 2.34. The molecule has 1 aliphatic heterocycles. The number of furan rings is 1. The summed E-state index contributed by atoms with van der Waals surface area (Å²) >= 11 is 3.41. The summed E-state index contributed by atoms with van der Waals surface area (Å²) in [4.78, 5) is 38.1. The van der Waals surface area contributed by atoms with Crippen molar-refractivity contribution < 1.29 is 37.4 Å². The molecule has 9 nitrogen and oxygen atoms in total. The van der Waals surface area contributed by atoms with Crippen molar-refractivity contribution in [1.82, 2.24) is 10.2 Å². The molecule has 36 heavy (non-hydrogen) atoms. The zero-order chi connectivity index (χ0) is 25.8. The summed E-state index contributed by atoms with van der Waals surface area (Å²) in [5, 5.41) is 2.54. The van der Waals surface area contributed by atoms with Crippen molar-refractivity contribution >= 4 is 39.9 Å². The minimum atomic E-state index is -0.671. The van der Waals surface area contributed by atoms with Gasteiger partial charge in [0.15, 0.2) is 11.5 Å². The molecule has 1 aromatic heterocycles. The summed E-state index contributed by atoms with van der Waals surface area (Å²) in [6.45, 7) is -0.0728. The average molecular weight is 559 g/mol. The van der Waals surface area contributed by atoms with E-state index in [0.717, 1.165) is 10.5 Å². The van der Waals surface area contributed by atoms with Gasteiger partial charge in [0.1, 0.15) is 23.9 Å². The molecule has 1 fully saturated rings. The number of ether oxygens (including phenoxy) is 3. The lowest BCUT2D eigenvalue weighted by Gasteiger charge is -2.15. The highest BCUT2D eigenvalue weighted by Crippen LogP contribution is 2.37. The van der Waals surface area contributed by atoms with Crippen LogP contribution in [0.25, 0.3) is 6.08 Å². The van der Waals surface area contributed by atoms with Gasteiger partial charge in [-0.2, -0.15) is 0 Å². The van der Waals surface area contributed by atoms with Gasteiger partial charge >= 0.3 is 12.0 Å². The quantitative estimate of drug-likeness (QED) is 0.243. The molecule has 0 unspecified atom stereocenters. The van der Waals surface area contributed by atoms with Gasteiger partial charge in [0.2, 0.25) is 5.76 Å². The fourth-order valence-corrected chi connectivity index (χ4v) is 3.89. The molecule has 2 aromatic carbocycles. The van der Waals surface area contributed by atoms with E-state index in [-0.39, 0.29) is 36.2 Å². The van der Waals surface area contributed by atoms with E-state index in [2.05, 4.69) is 26.0 Å². The number of halogens is 2. The van der Waals surface area contributed by atoms with Gasteiger partial charge in [-0.3, -0.25) is 9.69 Å². The predicted molar refractivity (Wildman–Crippen MR) is 129 cm³/mol. The number of imide groups is 1. The van der Waals surface area contributed by atoms with Crippen LogP contribution in [-0.4, -0.2) is 37.0 Å². The first-order valence-electron chi connectivity index (χ1n) is 10.6. The minimum Gasteiger partial charge on any atom is -0.493 e. The number of methoxy groups -OCH3 is 2. The zero-order valence-corrected chi connectivity index (χ0v) is 20.8. The molecule has 3 amide bonds. The fraction of sp³-hybridized carbons (Fsp3) is 0.160. The summed E-state index contributed by atoms with van der Waals surface area (Å²) in [6, 6.07) is 11.5. The van der Waals surface area contributed by atoms with E-state index in [1.807, 2.05) is 0 Å². The van der Waals surface area contributed by atoms with Crippen LogP contribution in [0.1, 0.15) is 27.4 Å². The molecule has 0 bridgehead atoms. The van der Waals surface area contributed by atoms with Gasteiger partial charge in [0.25, 0.3) is 5.91 Å². The van der Waals surface area contributed by atoms with Crippen molar-refractivity contribution in [3.63, 3.8) is 0 Å². The number of carbonyl (C=O) groups excluding carboxylic acids is 3. The Kier molecular flexibility index (Phi) is 7.39. The van der Waals surface area contributed by atoms with Crippen LogP contribution in [0.2, 0.25) is 0 Å². The van der Waals surface area contributed by atoms with E-state index in [9.17, 15) is 18.8 Å². The maximum atomic E-state index is 13.2. The molecule has 0 spiro atoms. The van der Waals surface area contributed by atoms with Crippen molar-refractivity contribution in [2.45, 2.75) is 13.2 Å². The number of benzene rings is 2. The Labute approximate surface area is 213 Å². The zero-order valence-electron chi connectivity index (χ0n) is 19.2. The SMILES string of the molecule is COC(=O)c1ccc(CN2C(=O)N/C(=C\c3cc(Br)cc(OC)c3OCc3ccc(F)cc3)C2=O)o1. The van der Waals surface area contributed by atoms with E-state index >= 15 is 0 Å². The summed E-state index contributed by atoms with van der Waals surface area (Å²) in [5.74, 6) is -0.728. The first kappa shape index (κ1) is 25.0. The third kappa shape index (κ3) is 5.41. The van der Waals surface area contributed by atoms with Crippen LogP contribution in [0.15, 0.2) is 63.1 Å². The van der Waals surface area contributed by atoms with Gasteiger partial charge < -0.3 is 23.9 Å². The van der Waals surface area contributed by atoms with Crippen LogP contribution in [0.5, 0.6) is 11.5 Å². The number of nitrogens with one attached hydrogen (secondary N) is 1. The lowest BCUT2D eigenvalue weighted by molar-refractivity contribution is -0.123. The molecule has 3 aromatic rings. The number of nitrogens with zero attached hydrogens (tertiary/aromatic N) is 1. The van der Waals surface area contributed by atoms with Gasteiger partial charge in [-0.1, -0.05) is 28.1 Å². The summed E-state index contributed by atoms with van der Waals surface area (Å²) in [7, 11) is 2.69. The van der Waals surface area contributed by atoms with E-state index < -0.39 is 17.9 Å². The van der Waals surface area contributed by atoms with Gasteiger partial charge in [-0.05, 0) is 48.0 Å². The van der Waals surface area contributed by atoms with Crippen LogP contribution < -0.4 is 14.8 Å². The first-order valence-corrected chi connectivity index (χ1v) is 11.3. The standard InChI is InChI=1S/C25H20BrFN2O7/c1-33-21-11-16(26)9-15(22(21)35-13-14-3-5-17(27)6-4-14)10-19-23(30)29(25(32)28-19)12-18-7-8-20(36-18)24(31)34-2/h3-11H,12-13H2,1-2H3,(H,28,32)/b19-10-. The summed E-state index contributed by atoms with van der Waals surface area (Å²) in [6.07, 6.45) is 1.47. The Morgan fingerprint density at radius 1 is 1.14 bits per heavy atom. The van der Waals surface area contributed by atoms with Gasteiger partial charge in [0.05, 0.1) is 20.8 Å². The second-order valence-electron chi connectivity index (χ2n) is 7.58. The predicted octanol–water partition coefficient (Wildman–Crippen LogP) is 4.65. The molecule has 186 valence electrons. The molecule has 0 aliphatic carbocycles. The minimum absolute atomic E-state index is 0.00605. The van der Waals surface area contributed by atoms with E-state index in [1.54, 1.807) is 24.3 Å². The Balaban J connectivity index is 1.59. The Morgan fingerprint density at radius 3 is 2.58 bits per heavy atom. The summed E-state index contributed by atoms with van der Waals surface area (Å²) in [5.41, 5.74) is 1.19. The normalized spacial score (nSPS) is 14.2. The molecule has 0 saturated carbocycles. The molecule has 1 aliphatic rings. The fourth-order valence-electron chi connectivity index (χ4n) is 3.44. The first-order chi connectivity index (χ1) is 17.3. The molecule has 0 atom stereocenters. The number of carbonyl (C=O) groups is 3. The van der Waals surface area contributed by atoms with E-state index in [0.29, 0.717) is 21.5 Å². The Bertz CT molecular complexity index is 1350. The van der Waals surface area contributed by atoms with Crippen LogP contribution in [0.3, 0.4) is 0 Å². The second-order valence-corrected chi connectivity index (χ2v) is 8.49. The number of rotatable bonds is 8. The van der Waals surface area contributed by atoms with Crippen molar-refractivity contribution in [2.24, 2.45) is 0 Å². The molecule has 1 saturated heterocycles. The third-order valence-electron chi connectivity index (χ3n) is 5.19. The smallest absolute Gasteiger partial charge is 0.373 e. The number of amides is 3. The van der Waals surface area contributed by atoms with Crippen LogP contribution in [-0.2, 0) is 22.7 Å². The van der Waals surface area contributed by atoms with E-state index in [4.69, 9.17) is 13.9 Å². The van der Waals surface area contributed by atoms with Crippen LogP contribution >= 0.6 is 15.9 Å². The van der Waals surface area contributed by atoms with Crippen molar-refractivity contribution in [3.05, 3.63) is 87.2 Å². The lowest BCUT2D eigenvalue weighted by atomic mass is 10.1. The molecule has 11 heteroatoms. The highest BCUT2D eigenvalue weighted by atomic mass is 79.9. The second kappa shape index (κ2) is 10.6. The average Bonchev–Trinajstić information content (AvgIpc) is 3.44. The maximum absolute atomic E-state index is 13.2. The third-order valence-corrected chi connectivity index (χ3v) is 5.65. The summed E-state index contributed by atoms with van der Waals surface area (Å²) < 4.78 is 35.2. The largest absolute Gasteiger partial charge is 0.493 e. The topological polar surface area (TPSA) is 107 Å². The van der Waals surface area contributed by atoms with Crippen LogP contribution in [0, 0.1) is 5.82 Å². The van der Waals surface area contributed by atoms with Gasteiger partial charge in [-0.25, -0.2) is 14.0 Å². The van der Waals surface area contributed by atoms with E-state index in [1.165, 1.54) is 44.6 Å². The van der Waals surface area contributed by atoms with Gasteiger partial charge in [-0.15, -0.1) is 0 Å². The number of esters is 1. The van der Waals surface area contributed by atoms with Crippen molar-refractivity contribution in [2.75, 3.05) is 14.2 Å². The molecule has 2 heterocycles. The molecular weight excluding hydrogens is 539 g/mol. The molecule has 4 rings (SSSR count). The van der Waals surface area contributed by atoms with Crippen molar-refractivity contribution in [3.8, 4) is 11.5 Å². The molecule has 1 N–H and O–H groups in total. The van der Waals surface area contributed by atoms with Crippen molar-refractivity contribution in [1.29, 1.82) is 0 Å². The van der Waals surface area contributed by atoms with Crippen LogP contribution in [0.4, 0.5) is 9.18 Å². The lowest BCUT2D eigenvalue weighted by Crippen LogP contribution is -2.30. The number of hydrogen-bond acceptors (Lipinski definition) is 7. The Hall–Kier alpha value is -4.12. The number of hydrogen-bond donors (Lipinski definition) is 1. The Morgan fingerprint density at radius 2 is 1.89 bits per heavy atom. The molecular formula is C25H20BrFN2O7. The van der Waals surface area contributed by atoms with Gasteiger partial charge in [0, 0.05) is 10.0 Å².